The molecule has 0 radical (unpaired) electrons. The van der Waals surface area contributed by atoms with Crippen LogP contribution in [0, 0.1) is 40.4 Å². The third-order valence-corrected chi connectivity index (χ3v) is 9.13. The van der Waals surface area contributed by atoms with E-state index in [-0.39, 0.29) is 11.5 Å². The van der Waals surface area contributed by atoms with Crippen LogP contribution in [0.1, 0.15) is 78.6 Å². The van der Waals surface area contributed by atoms with Gasteiger partial charge in [0, 0.05) is 5.92 Å². The smallest absolute Gasteiger partial charge is 0.133 e. The molecule has 0 saturated heterocycles. The van der Waals surface area contributed by atoms with Crippen LogP contribution in [0.5, 0.6) is 0 Å². The molecule has 4 aliphatic rings. The molecular formula is C21H34O2. The van der Waals surface area contributed by atoms with Gasteiger partial charge in [0.05, 0.1) is 6.10 Å². The third kappa shape index (κ3) is 2.19. The maximum Gasteiger partial charge on any atom is 0.133 e. The Morgan fingerprint density at radius 2 is 1.61 bits per heavy atom. The van der Waals surface area contributed by atoms with E-state index in [9.17, 15) is 9.90 Å². The maximum absolute atomic E-state index is 12.2. The monoisotopic (exact) mass is 318 g/mol. The largest absolute Gasteiger partial charge is 0.393 e. The second-order valence-corrected chi connectivity index (χ2v) is 9.87. The first-order valence-electron chi connectivity index (χ1n) is 10.0. The number of carbonyl (C=O) groups excluding carboxylic acids is 1. The number of rotatable bonds is 1. The van der Waals surface area contributed by atoms with Crippen molar-refractivity contribution in [3.05, 3.63) is 0 Å². The molecule has 4 aliphatic carbocycles. The fourth-order valence-corrected chi connectivity index (χ4v) is 7.90. The fourth-order valence-electron chi connectivity index (χ4n) is 7.90. The highest BCUT2D eigenvalue weighted by molar-refractivity contribution is 5.79. The molecule has 1 N–H and O–H groups in total. The van der Waals surface area contributed by atoms with E-state index in [1.54, 1.807) is 0 Å². The highest BCUT2D eigenvalue weighted by atomic mass is 16.3. The topological polar surface area (TPSA) is 37.3 Å². The average molecular weight is 319 g/mol. The normalized spacial score (nSPS) is 55.7. The molecule has 0 aromatic carbocycles. The summed E-state index contributed by atoms with van der Waals surface area (Å²) in [4.78, 5) is 12.2. The molecule has 4 rings (SSSR count). The van der Waals surface area contributed by atoms with Crippen molar-refractivity contribution in [2.45, 2.75) is 84.7 Å². The van der Waals surface area contributed by atoms with E-state index in [0.717, 1.165) is 42.9 Å². The van der Waals surface area contributed by atoms with Gasteiger partial charge in [0.25, 0.3) is 0 Å². The Kier molecular flexibility index (Phi) is 3.72. The lowest BCUT2D eigenvalue weighted by Gasteiger charge is -2.60. The number of carbonyl (C=O) groups is 1. The summed E-state index contributed by atoms with van der Waals surface area (Å²) in [7, 11) is 0. The van der Waals surface area contributed by atoms with Crippen molar-refractivity contribution >= 4 is 5.78 Å². The van der Waals surface area contributed by atoms with E-state index in [0.29, 0.717) is 17.1 Å². The third-order valence-electron chi connectivity index (χ3n) is 9.13. The van der Waals surface area contributed by atoms with Gasteiger partial charge in [0.2, 0.25) is 0 Å². The molecule has 2 heteroatoms. The zero-order valence-electron chi connectivity index (χ0n) is 15.2. The van der Waals surface area contributed by atoms with Crippen LogP contribution < -0.4 is 0 Å². The van der Waals surface area contributed by atoms with Gasteiger partial charge in [-0.3, -0.25) is 4.79 Å². The standard InChI is InChI=1S/C21H34O2/c1-13(22)17-6-7-18-16-5-4-14-12-15(23)8-10-20(14,2)19(16)9-11-21(17,18)3/h14-19,23H,4-12H2,1-3H3/t14-,15?,16-,17+,18-,19-,20-,21+/m0/s1. The van der Waals surface area contributed by atoms with Gasteiger partial charge in [-0.05, 0) is 99.2 Å². The van der Waals surface area contributed by atoms with E-state index in [1.807, 2.05) is 6.92 Å². The molecule has 4 fully saturated rings. The lowest BCUT2D eigenvalue weighted by atomic mass is 9.44. The number of Topliss-reactive ketones (excluding diaryl/α,β-unsaturated/α-hetero) is 1. The number of aliphatic hydroxyl groups is 1. The van der Waals surface area contributed by atoms with Gasteiger partial charge >= 0.3 is 0 Å². The minimum Gasteiger partial charge on any atom is -0.393 e. The van der Waals surface area contributed by atoms with Gasteiger partial charge in [-0.25, -0.2) is 0 Å². The quantitative estimate of drug-likeness (QED) is 0.767. The molecule has 0 spiro atoms. The molecule has 0 bridgehead atoms. The number of hydrogen-bond acceptors (Lipinski definition) is 2. The predicted octanol–water partition coefficient (Wildman–Crippen LogP) is 4.60. The average Bonchev–Trinajstić information content (AvgIpc) is 2.85. The summed E-state index contributed by atoms with van der Waals surface area (Å²) in [5.41, 5.74) is 0.738. The van der Waals surface area contributed by atoms with Crippen molar-refractivity contribution in [1.29, 1.82) is 0 Å². The molecule has 0 heterocycles. The van der Waals surface area contributed by atoms with Gasteiger partial charge in [-0.2, -0.15) is 0 Å². The molecule has 0 aromatic heterocycles. The van der Waals surface area contributed by atoms with Crippen LogP contribution in [-0.2, 0) is 4.79 Å². The first-order chi connectivity index (χ1) is 10.9. The van der Waals surface area contributed by atoms with Crippen molar-refractivity contribution in [2.24, 2.45) is 40.4 Å². The van der Waals surface area contributed by atoms with Crippen molar-refractivity contribution in [1.82, 2.24) is 0 Å². The van der Waals surface area contributed by atoms with Crippen molar-refractivity contribution in [3.8, 4) is 0 Å². The Morgan fingerprint density at radius 3 is 2.35 bits per heavy atom. The molecule has 0 aromatic rings. The summed E-state index contributed by atoms with van der Waals surface area (Å²) >= 11 is 0. The minimum absolute atomic E-state index is 0.0490. The van der Waals surface area contributed by atoms with Crippen LogP contribution in [-0.4, -0.2) is 17.0 Å². The molecular weight excluding hydrogens is 284 g/mol. The summed E-state index contributed by atoms with van der Waals surface area (Å²) in [6.07, 6.45) is 10.9. The molecule has 130 valence electrons. The summed E-state index contributed by atoms with van der Waals surface area (Å²) in [6.45, 7) is 6.80. The van der Waals surface area contributed by atoms with Crippen molar-refractivity contribution in [3.63, 3.8) is 0 Å². The zero-order valence-corrected chi connectivity index (χ0v) is 15.2. The molecule has 0 aliphatic heterocycles. The second kappa shape index (κ2) is 5.31. The number of fused-ring (bicyclic) bond motifs is 5. The summed E-state index contributed by atoms with van der Waals surface area (Å²) in [6, 6.07) is 0. The van der Waals surface area contributed by atoms with E-state index in [4.69, 9.17) is 0 Å². The first kappa shape index (κ1) is 16.1. The molecule has 23 heavy (non-hydrogen) atoms. The number of ketones is 1. The maximum atomic E-state index is 12.2. The van der Waals surface area contributed by atoms with Crippen LogP contribution >= 0.6 is 0 Å². The van der Waals surface area contributed by atoms with Crippen LogP contribution in [0.2, 0.25) is 0 Å². The Labute approximate surface area is 141 Å². The lowest BCUT2D eigenvalue weighted by Crippen LogP contribution is -2.54. The molecule has 1 unspecified atom stereocenters. The number of hydrogen-bond donors (Lipinski definition) is 1. The summed E-state index contributed by atoms with van der Waals surface area (Å²) in [5, 5.41) is 10.1. The van der Waals surface area contributed by atoms with Crippen LogP contribution in [0.15, 0.2) is 0 Å². The van der Waals surface area contributed by atoms with Gasteiger partial charge in [0.1, 0.15) is 5.78 Å². The molecule has 2 nitrogen and oxygen atoms in total. The van der Waals surface area contributed by atoms with Crippen LogP contribution in [0.3, 0.4) is 0 Å². The summed E-state index contributed by atoms with van der Waals surface area (Å²) < 4.78 is 0. The highest BCUT2D eigenvalue weighted by Crippen LogP contribution is 2.67. The second-order valence-electron chi connectivity index (χ2n) is 9.87. The van der Waals surface area contributed by atoms with E-state index < -0.39 is 0 Å². The van der Waals surface area contributed by atoms with Crippen LogP contribution in [0.25, 0.3) is 0 Å². The Balaban J connectivity index is 1.61. The fraction of sp³-hybridized carbons (Fsp3) is 0.952. The van der Waals surface area contributed by atoms with E-state index in [1.165, 1.54) is 38.5 Å². The first-order valence-corrected chi connectivity index (χ1v) is 10.0. The lowest BCUT2D eigenvalue weighted by molar-refractivity contribution is -0.138. The minimum atomic E-state index is -0.0490. The Morgan fingerprint density at radius 1 is 0.913 bits per heavy atom. The van der Waals surface area contributed by atoms with Crippen molar-refractivity contribution in [2.75, 3.05) is 0 Å². The Bertz CT molecular complexity index is 500. The van der Waals surface area contributed by atoms with E-state index >= 15 is 0 Å². The van der Waals surface area contributed by atoms with Gasteiger partial charge in [-0.15, -0.1) is 0 Å². The molecule has 8 atom stereocenters. The Hall–Kier alpha value is -0.370. The van der Waals surface area contributed by atoms with Crippen LogP contribution in [0.4, 0.5) is 0 Å². The van der Waals surface area contributed by atoms with Gasteiger partial charge < -0.3 is 5.11 Å². The number of aliphatic hydroxyl groups excluding tert-OH is 1. The molecule has 4 saturated carbocycles. The van der Waals surface area contributed by atoms with Crippen molar-refractivity contribution < 1.29 is 9.90 Å². The van der Waals surface area contributed by atoms with E-state index in [2.05, 4.69) is 13.8 Å². The SMILES string of the molecule is CC(=O)[C@H]1CC[C@H]2[C@@H]3CC[C@H]4CC(O)CC[C@]4(C)[C@H]3CC[C@]12C. The highest BCUT2D eigenvalue weighted by Gasteiger charge is 2.60. The zero-order chi connectivity index (χ0) is 16.4. The van der Waals surface area contributed by atoms with Gasteiger partial charge in [0.15, 0.2) is 0 Å². The predicted molar refractivity (Wildman–Crippen MR) is 91.9 cm³/mol. The summed E-state index contributed by atoms with van der Waals surface area (Å²) in [5.74, 6) is 3.97. The molecule has 0 amide bonds. The van der Waals surface area contributed by atoms with Gasteiger partial charge in [-0.1, -0.05) is 13.8 Å².